The summed E-state index contributed by atoms with van der Waals surface area (Å²) in [6.45, 7) is 2.20. The van der Waals surface area contributed by atoms with Crippen LogP contribution >= 0.6 is 0 Å². The molecule has 176 valence electrons. The number of carbonyl (C=O) groups excluding carboxylic acids is 2. The summed E-state index contributed by atoms with van der Waals surface area (Å²) in [6, 6.07) is 9.01. The molecule has 0 aliphatic rings. The van der Waals surface area contributed by atoms with Gasteiger partial charge in [-0.2, -0.15) is 0 Å². The molecule has 0 spiro atoms. The molecule has 0 saturated heterocycles. The lowest BCUT2D eigenvalue weighted by molar-refractivity contribution is -0.120. The molecule has 1 aromatic rings. The first-order valence-corrected chi connectivity index (χ1v) is 12.0. The Morgan fingerprint density at radius 2 is 1.12 bits per heavy atom. The average molecular weight is 446 g/mol. The maximum absolute atomic E-state index is 12.0. The van der Waals surface area contributed by atoms with E-state index in [0.717, 1.165) is 38.5 Å². The van der Waals surface area contributed by atoms with Crippen molar-refractivity contribution in [3.8, 4) is 0 Å². The molecule has 0 aliphatic heterocycles. The first-order chi connectivity index (χ1) is 16.2. The zero-order valence-electron chi connectivity index (χ0n) is 20.0. The molecule has 0 radical (unpaired) electrons. The Hall–Kier alpha value is -3.20. The summed E-state index contributed by atoms with van der Waals surface area (Å²) in [6.07, 6.45) is 32.9. The minimum Gasteiger partial charge on any atom is -0.349 e. The minimum absolute atomic E-state index is 0.0482. The standard InChI is InChI=1S/C30H39NO2/c1-2-3-4-5-6-7-8-9-10-11-12-13-14-15-16-17-18-19-23-26-30(33)31-27-29(32)28-24-21-20-22-25-28/h3-4,6-7,9-10,12-13,15-16,18-22,24-25H,2,5,8,11,14,17,23,26-27H2,1H3,(H,31,33)/b4-3+,7-6+,10-9+,13-12+,16-15+,19-18+. The van der Waals surface area contributed by atoms with E-state index in [1.54, 1.807) is 12.1 Å². The zero-order valence-corrected chi connectivity index (χ0v) is 20.0. The highest BCUT2D eigenvalue weighted by Crippen LogP contribution is 2.00. The first-order valence-electron chi connectivity index (χ1n) is 12.0. The van der Waals surface area contributed by atoms with Crippen LogP contribution in [-0.2, 0) is 4.79 Å². The molecule has 0 saturated carbocycles. The van der Waals surface area contributed by atoms with Gasteiger partial charge in [0.15, 0.2) is 5.78 Å². The number of benzene rings is 1. The van der Waals surface area contributed by atoms with Crippen LogP contribution in [0.1, 0.15) is 68.6 Å². The molecule has 0 atom stereocenters. The second kappa shape index (κ2) is 20.7. The Bertz CT molecular complexity index is 826. The van der Waals surface area contributed by atoms with Crippen LogP contribution in [0.25, 0.3) is 0 Å². The number of rotatable bonds is 17. The number of Topliss-reactive ketones (excluding diaryl/α,β-unsaturated/α-hetero) is 1. The van der Waals surface area contributed by atoms with Crippen LogP contribution in [0.2, 0.25) is 0 Å². The predicted octanol–water partition coefficient (Wildman–Crippen LogP) is 7.46. The molecule has 1 N–H and O–H groups in total. The Morgan fingerprint density at radius 1 is 0.667 bits per heavy atom. The lowest BCUT2D eigenvalue weighted by atomic mass is 10.1. The van der Waals surface area contributed by atoms with Gasteiger partial charge in [-0.15, -0.1) is 0 Å². The molecule has 0 fully saturated rings. The highest BCUT2D eigenvalue weighted by molar-refractivity contribution is 5.99. The van der Waals surface area contributed by atoms with Gasteiger partial charge < -0.3 is 5.32 Å². The number of hydrogen-bond acceptors (Lipinski definition) is 2. The topological polar surface area (TPSA) is 46.2 Å². The van der Waals surface area contributed by atoms with Gasteiger partial charge in [0.1, 0.15) is 0 Å². The van der Waals surface area contributed by atoms with Crippen molar-refractivity contribution in [2.24, 2.45) is 0 Å². The Labute approximate surface area is 200 Å². The highest BCUT2D eigenvalue weighted by Gasteiger charge is 2.06. The molecule has 1 rings (SSSR count). The van der Waals surface area contributed by atoms with Crippen LogP contribution in [0.3, 0.4) is 0 Å². The fourth-order valence-electron chi connectivity index (χ4n) is 2.85. The highest BCUT2D eigenvalue weighted by atomic mass is 16.2. The summed E-state index contributed by atoms with van der Waals surface area (Å²) < 4.78 is 0. The number of nitrogens with one attached hydrogen (secondary N) is 1. The molecular weight excluding hydrogens is 406 g/mol. The number of ketones is 1. The summed E-state index contributed by atoms with van der Waals surface area (Å²) in [5.41, 5.74) is 0.620. The van der Waals surface area contributed by atoms with E-state index in [0.29, 0.717) is 18.4 Å². The fraction of sp³-hybridized carbons (Fsp3) is 0.333. The van der Waals surface area contributed by atoms with Crippen molar-refractivity contribution in [3.05, 3.63) is 109 Å². The summed E-state index contributed by atoms with van der Waals surface area (Å²) in [5.74, 6) is -0.170. The maximum atomic E-state index is 12.0. The predicted molar refractivity (Wildman–Crippen MR) is 141 cm³/mol. The van der Waals surface area contributed by atoms with Crippen LogP contribution < -0.4 is 5.32 Å². The third-order valence-corrected chi connectivity index (χ3v) is 4.68. The van der Waals surface area contributed by atoms with Crippen LogP contribution in [-0.4, -0.2) is 18.2 Å². The fourth-order valence-corrected chi connectivity index (χ4v) is 2.85. The molecule has 0 aromatic heterocycles. The smallest absolute Gasteiger partial charge is 0.220 e. The second-order valence-electron chi connectivity index (χ2n) is 7.52. The van der Waals surface area contributed by atoms with E-state index in [4.69, 9.17) is 0 Å². The first kappa shape index (κ1) is 27.8. The van der Waals surface area contributed by atoms with Gasteiger partial charge in [0.2, 0.25) is 5.91 Å². The maximum Gasteiger partial charge on any atom is 0.220 e. The molecule has 0 bridgehead atoms. The minimum atomic E-state index is -0.0983. The molecule has 33 heavy (non-hydrogen) atoms. The average Bonchev–Trinajstić information content (AvgIpc) is 2.84. The number of allylic oxidation sites excluding steroid dienone is 12. The molecule has 0 unspecified atom stereocenters. The molecular formula is C30H39NO2. The zero-order chi connectivity index (χ0) is 23.8. The Morgan fingerprint density at radius 3 is 1.61 bits per heavy atom. The number of hydrogen-bond donors (Lipinski definition) is 1. The van der Waals surface area contributed by atoms with E-state index in [9.17, 15) is 9.59 Å². The molecule has 3 nitrogen and oxygen atoms in total. The van der Waals surface area contributed by atoms with Crippen LogP contribution in [0.15, 0.2) is 103 Å². The van der Waals surface area contributed by atoms with Crippen LogP contribution in [0.5, 0.6) is 0 Å². The van der Waals surface area contributed by atoms with Crippen molar-refractivity contribution in [2.75, 3.05) is 6.54 Å². The van der Waals surface area contributed by atoms with Gasteiger partial charge in [-0.1, -0.05) is 110 Å². The van der Waals surface area contributed by atoms with E-state index in [-0.39, 0.29) is 18.2 Å². The van der Waals surface area contributed by atoms with Crippen LogP contribution in [0.4, 0.5) is 0 Å². The third-order valence-electron chi connectivity index (χ3n) is 4.68. The normalized spacial score (nSPS) is 12.4. The lowest BCUT2D eigenvalue weighted by Gasteiger charge is -2.03. The van der Waals surface area contributed by atoms with Crippen molar-refractivity contribution in [1.29, 1.82) is 0 Å². The van der Waals surface area contributed by atoms with Crippen molar-refractivity contribution < 1.29 is 9.59 Å². The Kier molecular flexibility index (Phi) is 17.4. The number of carbonyl (C=O) groups is 2. The summed E-state index contributed by atoms with van der Waals surface area (Å²) in [7, 11) is 0. The second-order valence-corrected chi connectivity index (χ2v) is 7.52. The lowest BCUT2D eigenvalue weighted by Crippen LogP contribution is -2.29. The van der Waals surface area contributed by atoms with Gasteiger partial charge in [-0.3, -0.25) is 9.59 Å². The van der Waals surface area contributed by atoms with E-state index >= 15 is 0 Å². The number of amides is 1. The van der Waals surface area contributed by atoms with Gasteiger partial charge in [-0.25, -0.2) is 0 Å². The Balaban J connectivity index is 2.00. The monoisotopic (exact) mass is 445 g/mol. The van der Waals surface area contributed by atoms with Gasteiger partial charge in [0, 0.05) is 12.0 Å². The van der Waals surface area contributed by atoms with Crippen molar-refractivity contribution in [2.45, 2.75) is 58.3 Å². The van der Waals surface area contributed by atoms with Gasteiger partial charge >= 0.3 is 0 Å². The van der Waals surface area contributed by atoms with E-state index in [1.807, 2.05) is 24.3 Å². The third kappa shape index (κ3) is 17.1. The van der Waals surface area contributed by atoms with Gasteiger partial charge in [0.05, 0.1) is 6.54 Å². The van der Waals surface area contributed by atoms with Gasteiger partial charge in [-0.05, 0) is 44.9 Å². The van der Waals surface area contributed by atoms with Crippen molar-refractivity contribution in [1.82, 2.24) is 5.32 Å². The largest absolute Gasteiger partial charge is 0.349 e. The summed E-state index contributed by atoms with van der Waals surface area (Å²) in [4.78, 5) is 23.8. The SMILES string of the molecule is CC/C=C/C/C=C/C/C=C/C/C=C/C/C=C/C/C=C/CCC(=O)NCC(=O)c1ccccc1. The van der Waals surface area contributed by atoms with E-state index < -0.39 is 0 Å². The molecule has 1 aromatic carbocycles. The van der Waals surface area contributed by atoms with Crippen molar-refractivity contribution >= 4 is 11.7 Å². The van der Waals surface area contributed by atoms with E-state index in [1.165, 1.54) is 0 Å². The van der Waals surface area contributed by atoms with Crippen molar-refractivity contribution in [3.63, 3.8) is 0 Å². The molecule has 3 heteroatoms. The summed E-state index contributed by atoms with van der Waals surface area (Å²) >= 11 is 0. The summed E-state index contributed by atoms with van der Waals surface area (Å²) in [5, 5.41) is 2.69. The van der Waals surface area contributed by atoms with E-state index in [2.05, 4.69) is 79.1 Å². The molecule has 0 heterocycles. The quantitative estimate of drug-likeness (QED) is 0.200. The molecule has 0 aliphatic carbocycles. The van der Waals surface area contributed by atoms with Crippen LogP contribution in [0, 0.1) is 0 Å². The van der Waals surface area contributed by atoms with Gasteiger partial charge in [0.25, 0.3) is 0 Å². The molecule has 1 amide bonds.